The molecule has 110 valence electrons. The maximum absolute atomic E-state index is 6.34. The molecule has 0 fully saturated rings. The minimum absolute atomic E-state index is 0.784. The highest BCUT2D eigenvalue weighted by Crippen LogP contribution is 2.22. The molecule has 0 saturated heterocycles. The van der Waals surface area contributed by atoms with Crippen LogP contribution in [0.4, 0.5) is 0 Å². The Hall–Kier alpha value is -0.730. The van der Waals surface area contributed by atoms with Crippen LogP contribution in [0.2, 0.25) is 0 Å². The lowest BCUT2D eigenvalue weighted by Crippen LogP contribution is -2.37. The van der Waals surface area contributed by atoms with Gasteiger partial charge in [0.2, 0.25) is 0 Å². The van der Waals surface area contributed by atoms with Crippen LogP contribution in [0.3, 0.4) is 0 Å². The Bertz CT molecular complexity index is 332. The average Bonchev–Trinajstić information content (AvgIpc) is 2.44. The summed E-state index contributed by atoms with van der Waals surface area (Å²) in [5.41, 5.74) is 2.54. The van der Waals surface area contributed by atoms with E-state index in [2.05, 4.69) is 44.4 Å². The number of allylic oxidation sites excluding steroid dienone is 2. The second kappa shape index (κ2) is 10.1. The number of hydrazine groups is 1. The summed E-state index contributed by atoms with van der Waals surface area (Å²) in [5.74, 6) is 0. The quantitative estimate of drug-likeness (QED) is 0.437. The van der Waals surface area contributed by atoms with E-state index >= 15 is 0 Å². The molecule has 0 aliphatic carbocycles. The van der Waals surface area contributed by atoms with E-state index in [4.69, 9.17) is 11.6 Å². The molecule has 19 heavy (non-hydrogen) atoms. The Labute approximate surface area is 124 Å². The molecule has 0 heterocycles. The van der Waals surface area contributed by atoms with E-state index in [1.165, 1.54) is 24.0 Å². The van der Waals surface area contributed by atoms with Gasteiger partial charge >= 0.3 is 0 Å². The molecule has 0 aromatic heterocycles. The summed E-state index contributed by atoms with van der Waals surface area (Å²) >= 11 is 6.34. The van der Waals surface area contributed by atoms with Crippen molar-refractivity contribution in [2.24, 2.45) is 0 Å². The predicted molar refractivity (Wildman–Crippen MR) is 87.0 cm³/mol. The maximum Gasteiger partial charge on any atom is 0.0604 e. The van der Waals surface area contributed by atoms with Crippen LogP contribution in [0.1, 0.15) is 47.0 Å². The van der Waals surface area contributed by atoms with Gasteiger partial charge in [-0.15, -0.1) is 0 Å². The van der Waals surface area contributed by atoms with Crippen molar-refractivity contribution in [3.63, 3.8) is 0 Å². The van der Waals surface area contributed by atoms with Crippen molar-refractivity contribution in [1.29, 1.82) is 0 Å². The molecule has 0 saturated carbocycles. The molecular formula is C16H29ClN2. The zero-order chi connectivity index (χ0) is 14.8. The van der Waals surface area contributed by atoms with E-state index in [-0.39, 0.29) is 0 Å². The van der Waals surface area contributed by atoms with E-state index in [0.717, 1.165) is 24.5 Å². The second-order valence-electron chi connectivity index (χ2n) is 4.76. The predicted octanol–water partition coefficient (Wildman–Crippen LogP) is 4.95. The third-order valence-electron chi connectivity index (χ3n) is 3.39. The molecule has 0 aromatic carbocycles. The third-order valence-corrected chi connectivity index (χ3v) is 3.84. The van der Waals surface area contributed by atoms with Gasteiger partial charge < -0.3 is 5.01 Å². The van der Waals surface area contributed by atoms with Crippen LogP contribution in [0.25, 0.3) is 0 Å². The Morgan fingerprint density at radius 2 is 1.95 bits per heavy atom. The number of hydrogen-bond acceptors (Lipinski definition) is 2. The van der Waals surface area contributed by atoms with Gasteiger partial charge in [-0.25, -0.2) is 5.01 Å². The van der Waals surface area contributed by atoms with Crippen molar-refractivity contribution in [3.8, 4) is 0 Å². The summed E-state index contributed by atoms with van der Waals surface area (Å²) in [5, 5.41) is 5.19. The first-order valence-electron chi connectivity index (χ1n) is 7.12. The summed E-state index contributed by atoms with van der Waals surface area (Å²) in [4.78, 5) is 0. The zero-order valence-corrected chi connectivity index (χ0v) is 13.9. The van der Waals surface area contributed by atoms with Crippen LogP contribution in [0.5, 0.6) is 0 Å². The van der Waals surface area contributed by atoms with Gasteiger partial charge in [0.1, 0.15) is 0 Å². The van der Waals surface area contributed by atoms with Gasteiger partial charge in [0.15, 0.2) is 0 Å². The Morgan fingerprint density at radius 3 is 2.37 bits per heavy atom. The second-order valence-corrected chi connectivity index (χ2v) is 5.17. The van der Waals surface area contributed by atoms with Crippen molar-refractivity contribution < 1.29 is 0 Å². The van der Waals surface area contributed by atoms with Crippen LogP contribution in [-0.2, 0) is 0 Å². The summed E-state index contributed by atoms with van der Waals surface area (Å²) in [6.07, 6.45) is 7.23. The molecule has 0 aromatic rings. The van der Waals surface area contributed by atoms with Gasteiger partial charge in [0.25, 0.3) is 0 Å². The molecule has 0 amide bonds. The van der Waals surface area contributed by atoms with E-state index < -0.39 is 0 Å². The van der Waals surface area contributed by atoms with Crippen LogP contribution in [0.15, 0.2) is 35.0 Å². The lowest BCUT2D eigenvalue weighted by molar-refractivity contribution is 0.0603. The molecule has 0 atom stereocenters. The Morgan fingerprint density at radius 1 is 1.32 bits per heavy atom. The number of nitrogens with zero attached hydrogens (tertiary/aromatic N) is 2. The molecule has 0 aliphatic rings. The molecule has 0 unspecified atom stereocenters. The molecule has 3 heteroatoms. The lowest BCUT2D eigenvalue weighted by atomic mass is 10.1. The van der Waals surface area contributed by atoms with Gasteiger partial charge in [0.05, 0.1) is 6.54 Å². The third kappa shape index (κ3) is 6.31. The number of hydrogen-bond donors (Lipinski definition) is 0. The minimum Gasteiger partial charge on any atom is -0.309 e. The highest BCUT2D eigenvalue weighted by molar-refractivity contribution is 6.32. The van der Waals surface area contributed by atoms with Gasteiger partial charge in [-0.2, -0.15) is 0 Å². The molecule has 0 radical (unpaired) electrons. The molecule has 0 bridgehead atoms. The van der Waals surface area contributed by atoms with Gasteiger partial charge in [-0.3, -0.25) is 0 Å². The van der Waals surface area contributed by atoms with Gasteiger partial charge in [-0.1, -0.05) is 50.1 Å². The summed E-state index contributed by atoms with van der Waals surface area (Å²) < 4.78 is 0. The average molecular weight is 285 g/mol. The molecule has 0 rings (SSSR count). The van der Waals surface area contributed by atoms with E-state index in [0.29, 0.717) is 0 Å². The van der Waals surface area contributed by atoms with Crippen LogP contribution in [0, 0.1) is 0 Å². The number of unbranched alkanes of at least 4 members (excludes halogenated alkanes) is 1. The van der Waals surface area contributed by atoms with Crippen LogP contribution in [-0.4, -0.2) is 30.2 Å². The topological polar surface area (TPSA) is 6.48 Å². The first-order chi connectivity index (χ1) is 9.01. The monoisotopic (exact) mass is 284 g/mol. The van der Waals surface area contributed by atoms with Gasteiger partial charge in [0, 0.05) is 24.8 Å². The molecule has 0 spiro atoms. The highest BCUT2D eigenvalue weighted by atomic mass is 35.5. The van der Waals surface area contributed by atoms with E-state index in [1.54, 1.807) is 0 Å². The van der Waals surface area contributed by atoms with Gasteiger partial charge in [-0.05, 0) is 32.3 Å². The molecule has 0 N–H and O–H groups in total. The summed E-state index contributed by atoms with van der Waals surface area (Å²) in [6.45, 7) is 14.2. The fraction of sp³-hybridized carbons (Fsp3) is 0.625. The summed E-state index contributed by atoms with van der Waals surface area (Å²) in [7, 11) is 2.10. The standard InChI is InChI=1S/C16H29ClN2/c1-7-11-12-18(6)19(10-4)13-15(14(5)8-2)16(17)9-3/h9-10H,4,7-8,11-13H2,1-3,5-6H3/b15-14-,16-9+. The number of rotatable bonds is 9. The molecule has 2 nitrogen and oxygen atoms in total. The van der Waals surface area contributed by atoms with Crippen LogP contribution < -0.4 is 0 Å². The van der Waals surface area contributed by atoms with E-state index in [9.17, 15) is 0 Å². The minimum atomic E-state index is 0.784. The SMILES string of the molecule is C=CN(CC(=C(\C)CC)/C(Cl)=C\C)N(C)CCCC. The van der Waals surface area contributed by atoms with Crippen molar-refractivity contribution in [3.05, 3.63) is 35.0 Å². The van der Waals surface area contributed by atoms with Crippen LogP contribution >= 0.6 is 11.6 Å². The molecular weight excluding hydrogens is 256 g/mol. The highest BCUT2D eigenvalue weighted by Gasteiger charge is 2.12. The Balaban J connectivity index is 4.95. The Kier molecular flexibility index (Phi) is 9.72. The maximum atomic E-state index is 6.34. The zero-order valence-electron chi connectivity index (χ0n) is 13.2. The van der Waals surface area contributed by atoms with Crippen molar-refractivity contribution >= 4 is 11.6 Å². The largest absolute Gasteiger partial charge is 0.309 e. The first-order valence-corrected chi connectivity index (χ1v) is 7.50. The van der Waals surface area contributed by atoms with Crippen molar-refractivity contribution in [2.75, 3.05) is 20.1 Å². The van der Waals surface area contributed by atoms with E-state index in [1.807, 2.05) is 19.2 Å². The van der Waals surface area contributed by atoms with Crippen molar-refractivity contribution in [1.82, 2.24) is 10.0 Å². The fourth-order valence-electron chi connectivity index (χ4n) is 1.80. The summed E-state index contributed by atoms with van der Waals surface area (Å²) in [6, 6.07) is 0. The van der Waals surface area contributed by atoms with Crippen molar-refractivity contribution in [2.45, 2.75) is 47.0 Å². The fourth-order valence-corrected chi connectivity index (χ4v) is 2.03. The normalized spacial score (nSPS) is 13.5. The first kappa shape index (κ1) is 18.3. The molecule has 0 aliphatic heterocycles. The lowest BCUT2D eigenvalue weighted by Gasteiger charge is -2.32. The number of halogens is 1. The smallest absolute Gasteiger partial charge is 0.0604 e.